The minimum absolute atomic E-state index is 0.0852. The molecule has 1 heterocycles. The number of H-pyrrole nitrogens is 1. The number of anilines is 1. The first-order valence-electron chi connectivity index (χ1n) is 6.31. The third kappa shape index (κ3) is 3.11. The van der Waals surface area contributed by atoms with Crippen molar-refractivity contribution >= 4 is 29.3 Å². The van der Waals surface area contributed by atoms with Crippen LogP contribution in [0.15, 0.2) is 29.3 Å². The van der Waals surface area contributed by atoms with Gasteiger partial charge in [0.25, 0.3) is 5.91 Å². The average Bonchev–Trinajstić information content (AvgIpc) is 2.80. The number of hydrogen-bond donors (Lipinski definition) is 3. The number of carbonyl (C=O) groups is 2. The van der Waals surface area contributed by atoms with E-state index in [4.69, 9.17) is 0 Å². The number of carbonyl (C=O) groups excluding carboxylic acids is 1. The number of hydrogen-bond acceptors (Lipinski definition) is 3. The van der Waals surface area contributed by atoms with Crippen molar-refractivity contribution in [3.8, 4) is 0 Å². The van der Waals surface area contributed by atoms with Crippen LogP contribution in [-0.4, -0.2) is 28.2 Å². The van der Waals surface area contributed by atoms with E-state index < -0.39 is 5.97 Å². The van der Waals surface area contributed by atoms with Crippen LogP contribution in [0.1, 0.15) is 32.0 Å². The second kappa shape index (κ2) is 6.05. The highest BCUT2D eigenvalue weighted by atomic mass is 32.2. The topological polar surface area (TPSA) is 82.2 Å². The highest BCUT2D eigenvalue weighted by molar-refractivity contribution is 7.98. The van der Waals surface area contributed by atoms with E-state index >= 15 is 0 Å². The van der Waals surface area contributed by atoms with Gasteiger partial charge in [-0.1, -0.05) is 6.07 Å². The molecule has 5 nitrogen and oxygen atoms in total. The number of aromatic nitrogens is 1. The van der Waals surface area contributed by atoms with Crippen molar-refractivity contribution < 1.29 is 14.7 Å². The third-order valence-electron chi connectivity index (χ3n) is 3.23. The minimum Gasteiger partial charge on any atom is -0.478 e. The molecule has 0 aliphatic rings. The molecule has 2 aromatic rings. The molecule has 0 atom stereocenters. The number of rotatable bonds is 4. The fourth-order valence-electron chi connectivity index (χ4n) is 2.06. The van der Waals surface area contributed by atoms with Crippen molar-refractivity contribution in [2.45, 2.75) is 18.7 Å². The van der Waals surface area contributed by atoms with Crippen LogP contribution in [0.5, 0.6) is 0 Å². The SMILES string of the molecule is CSc1ccc(C)c(C(=O)Nc2c[nH]c(C)c2C(=O)O)c1. The normalized spacial score (nSPS) is 10.4. The largest absolute Gasteiger partial charge is 0.478 e. The number of amides is 1. The lowest BCUT2D eigenvalue weighted by Crippen LogP contribution is -2.15. The van der Waals surface area contributed by atoms with Crippen LogP contribution in [0.3, 0.4) is 0 Å². The monoisotopic (exact) mass is 304 g/mol. The molecule has 110 valence electrons. The Morgan fingerprint density at radius 3 is 2.62 bits per heavy atom. The van der Waals surface area contributed by atoms with Crippen molar-refractivity contribution in [1.29, 1.82) is 0 Å². The predicted octanol–water partition coefficient (Wildman–Crippen LogP) is 3.30. The summed E-state index contributed by atoms with van der Waals surface area (Å²) in [5, 5.41) is 11.8. The number of carboxylic acids is 1. The van der Waals surface area contributed by atoms with Gasteiger partial charge in [-0.15, -0.1) is 11.8 Å². The van der Waals surface area contributed by atoms with E-state index in [2.05, 4.69) is 10.3 Å². The van der Waals surface area contributed by atoms with Gasteiger partial charge in [0.2, 0.25) is 0 Å². The maximum Gasteiger partial charge on any atom is 0.339 e. The van der Waals surface area contributed by atoms with Crippen molar-refractivity contribution in [3.63, 3.8) is 0 Å². The van der Waals surface area contributed by atoms with E-state index in [9.17, 15) is 14.7 Å². The molecule has 0 aliphatic heterocycles. The Balaban J connectivity index is 2.33. The summed E-state index contributed by atoms with van der Waals surface area (Å²) in [6.45, 7) is 3.50. The predicted molar refractivity (Wildman–Crippen MR) is 83.4 cm³/mol. The molecular weight excluding hydrogens is 288 g/mol. The van der Waals surface area contributed by atoms with Crippen LogP contribution in [0, 0.1) is 13.8 Å². The third-order valence-corrected chi connectivity index (χ3v) is 3.95. The van der Waals surface area contributed by atoms with Gasteiger partial charge in [0.15, 0.2) is 0 Å². The van der Waals surface area contributed by atoms with Gasteiger partial charge in [-0.25, -0.2) is 4.79 Å². The summed E-state index contributed by atoms with van der Waals surface area (Å²) in [5.41, 5.74) is 2.25. The molecule has 6 heteroatoms. The Labute approximate surface area is 126 Å². The molecule has 1 amide bonds. The maximum atomic E-state index is 12.4. The standard InChI is InChI=1S/C15H16N2O3S/c1-8-4-5-10(21-3)6-11(8)14(18)17-12-7-16-9(2)13(12)15(19)20/h4-7,16H,1-3H3,(H,17,18)(H,19,20). The number of thioether (sulfide) groups is 1. The number of aromatic amines is 1. The van der Waals surface area contributed by atoms with Gasteiger partial charge in [0, 0.05) is 22.3 Å². The summed E-state index contributed by atoms with van der Waals surface area (Å²) in [6.07, 6.45) is 3.43. The quantitative estimate of drug-likeness (QED) is 0.757. The molecule has 3 N–H and O–H groups in total. The van der Waals surface area contributed by atoms with E-state index in [1.54, 1.807) is 24.8 Å². The number of carboxylic acid groups (broad SMARTS) is 1. The summed E-state index contributed by atoms with van der Waals surface area (Å²) in [7, 11) is 0. The molecule has 0 fully saturated rings. The van der Waals surface area contributed by atoms with E-state index in [1.807, 2.05) is 25.3 Å². The number of aryl methyl sites for hydroxylation is 2. The van der Waals surface area contributed by atoms with Crippen molar-refractivity contribution in [1.82, 2.24) is 4.98 Å². The smallest absolute Gasteiger partial charge is 0.339 e. The van der Waals surface area contributed by atoms with Gasteiger partial charge in [-0.2, -0.15) is 0 Å². The van der Waals surface area contributed by atoms with Crippen molar-refractivity contribution in [2.75, 3.05) is 11.6 Å². The summed E-state index contributed by atoms with van der Waals surface area (Å²) in [6, 6.07) is 5.62. The van der Waals surface area contributed by atoms with Gasteiger partial charge >= 0.3 is 5.97 Å². The van der Waals surface area contributed by atoms with Crippen LogP contribution in [0.2, 0.25) is 0 Å². The Morgan fingerprint density at radius 2 is 2.00 bits per heavy atom. The van der Waals surface area contributed by atoms with Crippen LogP contribution < -0.4 is 5.32 Å². The van der Waals surface area contributed by atoms with Crippen LogP contribution in [-0.2, 0) is 0 Å². The highest BCUT2D eigenvalue weighted by Crippen LogP contribution is 2.23. The van der Waals surface area contributed by atoms with Crippen molar-refractivity contribution in [2.24, 2.45) is 0 Å². The zero-order chi connectivity index (χ0) is 15.6. The van der Waals surface area contributed by atoms with E-state index in [0.717, 1.165) is 10.5 Å². The molecule has 1 aromatic heterocycles. The van der Waals surface area contributed by atoms with Crippen LogP contribution >= 0.6 is 11.8 Å². The summed E-state index contributed by atoms with van der Waals surface area (Å²) < 4.78 is 0. The second-order valence-electron chi connectivity index (χ2n) is 4.64. The van der Waals surface area contributed by atoms with Gasteiger partial charge < -0.3 is 15.4 Å². The zero-order valence-electron chi connectivity index (χ0n) is 12.0. The second-order valence-corrected chi connectivity index (χ2v) is 5.52. The molecule has 21 heavy (non-hydrogen) atoms. The summed E-state index contributed by atoms with van der Waals surface area (Å²) >= 11 is 1.55. The molecule has 1 aromatic carbocycles. The minimum atomic E-state index is -1.07. The van der Waals surface area contributed by atoms with Gasteiger partial charge in [-0.3, -0.25) is 4.79 Å². The molecule has 0 saturated carbocycles. The maximum absolute atomic E-state index is 12.4. The summed E-state index contributed by atoms with van der Waals surface area (Å²) in [4.78, 5) is 27.4. The molecule has 0 saturated heterocycles. The number of aromatic carboxylic acids is 1. The lowest BCUT2D eigenvalue weighted by molar-refractivity contribution is 0.0697. The molecule has 0 aliphatic carbocycles. The molecular formula is C15H16N2O3S. The molecule has 2 rings (SSSR count). The fraction of sp³-hybridized carbons (Fsp3) is 0.200. The molecule has 0 unspecified atom stereocenters. The summed E-state index contributed by atoms with van der Waals surface area (Å²) in [5.74, 6) is -1.39. The highest BCUT2D eigenvalue weighted by Gasteiger charge is 2.18. The van der Waals surface area contributed by atoms with Gasteiger partial charge in [0.1, 0.15) is 5.56 Å². The van der Waals surface area contributed by atoms with Gasteiger partial charge in [0.05, 0.1) is 5.69 Å². The fourth-order valence-corrected chi connectivity index (χ4v) is 2.50. The molecule has 0 spiro atoms. The van der Waals surface area contributed by atoms with Crippen LogP contribution in [0.25, 0.3) is 0 Å². The first kappa shape index (κ1) is 15.2. The van der Waals surface area contributed by atoms with Crippen molar-refractivity contribution in [3.05, 3.63) is 46.8 Å². The van der Waals surface area contributed by atoms with Crippen LogP contribution in [0.4, 0.5) is 5.69 Å². The number of benzene rings is 1. The Bertz CT molecular complexity index is 707. The molecule has 0 radical (unpaired) electrons. The first-order chi connectivity index (χ1) is 9.93. The Morgan fingerprint density at radius 1 is 1.29 bits per heavy atom. The number of nitrogens with one attached hydrogen (secondary N) is 2. The lowest BCUT2D eigenvalue weighted by Gasteiger charge is -2.09. The molecule has 0 bridgehead atoms. The zero-order valence-corrected chi connectivity index (χ0v) is 12.8. The first-order valence-corrected chi connectivity index (χ1v) is 7.53. The van der Waals surface area contributed by atoms with E-state index in [0.29, 0.717) is 11.3 Å². The van der Waals surface area contributed by atoms with E-state index in [-0.39, 0.29) is 17.2 Å². The van der Waals surface area contributed by atoms with Gasteiger partial charge in [-0.05, 0) is 37.8 Å². The lowest BCUT2D eigenvalue weighted by atomic mass is 10.1. The average molecular weight is 304 g/mol. The Hall–Kier alpha value is -2.21. The van der Waals surface area contributed by atoms with E-state index in [1.165, 1.54) is 6.20 Å². The Kier molecular flexibility index (Phi) is 4.37.